The van der Waals surface area contributed by atoms with Gasteiger partial charge in [0.2, 0.25) is 0 Å². The first-order valence-corrected chi connectivity index (χ1v) is 4.19. The van der Waals surface area contributed by atoms with E-state index >= 15 is 0 Å². The molecule has 0 spiro atoms. The molecule has 1 aliphatic rings. The van der Waals surface area contributed by atoms with Crippen molar-refractivity contribution in [3.05, 3.63) is 29.8 Å². The Morgan fingerprint density at radius 2 is 2.25 bits per heavy atom. The van der Waals surface area contributed by atoms with Crippen LogP contribution in [0.4, 0.5) is 5.69 Å². The molecule has 1 fully saturated rings. The quantitative estimate of drug-likeness (QED) is 0.580. The summed E-state index contributed by atoms with van der Waals surface area (Å²) in [6.45, 7) is 2.89. The van der Waals surface area contributed by atoms with Crippen LogP contribution in [0, 0.1) is 6.92 Å². The van der Waals surface area contributed by atoms with E-state index in [1.54, 1.807) is 0 Å². The Kier molecular flexibility index (Phi) is 2.04. The van der Waals surface area contributed by atoms with Gasteiger partial charge in [-0.05, 0) is 24.9 Å². The second-order valence-corrected chi connectivity index (χ2v) is 2.92. The molecule has 0 aliphatic carbocycles. The molecule has 0 atom stereocenters. The lowest BCUT2D eigenvalue weighted by atomic mass is 9.90. The predicted octanol–water partition coefficient (Wildman–Crippen LogP) is 1.78. The molecular weight excluding hydrogens is 149 g/mol. The molecule has 2 rings (SSSR count). The van der Waals surface area contributed by atoms with E-state index in [1.807, 2.05) is 17.1 Å². The first-order valence-electron chi connectivity index (χ1n) is 4.19. The summed E-state index contributed by atoms with van der Waals surface area (Å²) in [4.78, 5) is 7.25. The Hall–Kier alpha value is -0.955. The molecule has 1 aromatic rings. The number of hydrogen-bond donors (Lipinski definition) is 0. The lowest BCUT2D eigenvalue weighted by molar-refractivity contribution is 0.185. The summed E-state index contributed by atoms with van der Waals surface area (Å²) in [5.74, 6) is 0. The van der Waals surface area contributed by atoms with Gasteiger partial charge in [0.05, 0.1) is 12.3 Å². The number of hydrogen-bond acceptors (Lipinski definition) is 2. The van der Waals surface area contributed by atoms with Crippen LogP contribution in [0.2, 0.25) is 6.32 Å². The van der Waals surface area contributed by atoms with Crippen LogP contribution >= 0.6 is 0 Å². The third kappa shape index (κ3) is 1.32. The van der Waals surface area contributed by atoms with Gasteiger partial charge in [0.15, 0.2) is 0 Å². The molecule has 0 N–H and O–H groups in total. The van der Waals surface area contributed by atoms with E-state index in [9.17, 15) is 0 Å². The first kappa shape index (κ1) is 7.68. The van der Waals surface area contributed by atoms with Crippen LogP contribution in [-0.4, -0.2) is 14.0 Å². The van der Waals surface area contributed by atoms with Crippen molar-refractivity contribution >= 4 is 13.1 Å². The van der Waals surface area contributed by atoms with Crippen molar-refractivity contribution < 1.29 is 4.84 Å². The van der Waals surface area contributed by atoms with Gasteiger partial charge in [0.25, 0.3) is 7.41 Å². The van der Waals surface area contributed by atoms with Crippen molar-refractivity contribution in [1.82, 2.24) is 0 Å². The molecule has 1 saturated heterocycles. The van der Waals surface area contributed by atoms with Crippen molar-refractivity contribution in [2.24, 2.45) is 0 Å². The summed E-state index contributed by atoms with van der Waals surface area (Å²) in [5, 5.41) is 0. The Morgan fingerprint density at radius 3 is 2.92 bits per heavy atom. The maximum absolute atomic E-state index is 5.40. The minimum atomic E-state index is 0.800. The molecule has 0 unspecified atom stereocenters. The van der Waals surface area contributed by atoms with E-state index < -0.39 is 0 Å². The van der Waals surface area contributed by atoms with Crippen LogP contribution < -0.4 is 4.97 Å². The maximum Gasteiger partial charge on any atom is 0.288 e. The molecule has 0 bridgehead atoms. The zero-order chi connectivity index (χ0) is 8.39. The van der Waals surface area contributed by atoms with Gasteiger partial charge in [0.1, 0.15) is 0 Å². The standard InChI is InChI=1S/C9H11BNO/c1-8-4-2-3-5-9(8)11-10-6-7-12-11/h2-5H,6-7H2,1H3. The van der Waals surface area contributed by atoms with Crippen LogP contribution in [0.1, 0.15) is 5.56 Å². The third-order valence-electron chi connectivity index (χ3n) is 2.00. The lowest BCUT2D eigenvalue weighted by Gasteiger charge is -2.18. The molecule has 0 amide bonds. The number of anilines is 1. The second-order valence-electron chi connectivity index (χ2n) is 2.92. The molecule has 12 heavy (non-hydrogen) atoms. The fourth-order valence-electron chi connectivity index (χ4n) is 1.35. The van der Waals surface area contributed by atoms with Crippen LogP contribution in [0.15, 0.2) is 24.3 Å². The lowest BCUT2D eigenvalue weighted by Crippen LogP contribution is -2.19. The monoisotopic (exact) mass is 160 g/mol. The fraction of sp³-hybridized carbons (Fsp3) is 0.333. The summed E-state index contributed by atoms with van der Waals surface area (Å²) < 4.78 is 0. The molecule has 1 aromatic carbocycles. The Balaban J connectivity index is 2.26. The minimum Gasteiger partial charge on any atom is -0.306 e. The summed E-state index contributed by atoms with van der Waals surface area (Å²) in [6.07, 6.45) is 1.01. The van der Waals surface area contributed by atoms with E-state index in [-0.39, 0.29) is 0 Å². The number of rotatable bonds is 1. The number of nitrogens with zero attached hydrogens (tertiary/aromatic N) is 1. The molecular formula is C9H11BNO. The molecule has 1 aliphatic heterocycles. The highest BCUT2D eigenvalue weighted by Crippen LogP contribution is 2.21. The Labute approximate surface area is 73.4 Å². The number of aryl methyl sites for hydroxylation is 1. The van der Waals surface area contributed by atoms with E-state index in [0.29, 0.717) is 0 Å². The summed E-state index contributed by atoms with van der Waals surface area (Å²) >= 11 is 0. The van der Waals surface area contributed by atoms with E-state index in [2.05, 4.69) is 26.5 Å². The van der Waals surface area contributed by atoms with Gasteiger partial charge in [-0.3, -0.25) is 4.84 Å². The van der Waals surface area contributed by atoms with Gasteiger partial charge in [0, 0.05) is 0 Å². The van der Waals surface area contributed by atoms with Crippen LogP contribution in [0.5, 0.6) is 0 Å². The van der Waals surface area contributed by atoms with Gasteiger partial charge >= 0.3 is 0 Å². The highest BCUT2D eigenvalue weighted by Gasteiger charge is 2.16. The second kappa shape index (κ2) is 3.19. The van der Waals surface area contributed by atoms with Crippen molar-refractivity contribution in [2.45, 2.75) is 13.2 Å². The van der Waals surface area contributed by atoms with Gasteiger partial charge in [-0.1, -0.05) is 18.2 Å². The number of para-hydroxylation sites is 1. The fourth-order valence-corrected chi connectivity index (χ4v) is 1.35. The van der Waals surface area contributed by atoms with Crippen molar-refractivity contribution in [1.29, 1.82) is 0 Å². The van der Waals surface area contributed by atoms with Gasteiger partial charge in [-0.25, -0.2) is 0 Å². The molecule has 2 nitrogen and oxygen atoms in total. The highest BCUT2D eigenvalue weighted by atomic mass is 16.7. The van der Waals surface area contributed by atoms with Crippen molar-refractivity contribution in [3.8, 4) is 0 Å². The van der Waals surface area contributed by atoms with E-state index in [4.69, 9.17) is 4.84 Å². The SMILES string of the molecule is Cc1ccccc1N1[B]CCO1. The number of benzene rings is 1. The van der Waals surface area contributed by atoms with E-state index in [0.717, 1.165) is 18.6 Å². The minimum absolute atomic E-state index is 0.800. The van der Waals surface area contributed by atoms with Crippen LogP contribution in [-0.2, 0) is 4.84 Å². The average Bonchev–Trinajstić information content (AvgIpc) is 2.57. The van der Waals surface area contributed by atoms with Crippen molar-refractivity contribution in [2.75, 3.05) is 11.6 Å². The normalized spacial score (nSPS) is 16.2. The zero-order valence-electron chi connectivity index (χ0n) is 7.16. The molecule has 0 aromatic heterocycles. The van der Waals surface area contributed by atoms with E-state index in [1.165, 1.54) is 5.56 Å². The highest BCUT2D eigenvalue weighted by molar-refractivity contribution is 6.41. The molecule has 61 valence electrons. The van der Waals surface area contributed by atoms with Crippen molar-refractivity contribution in [3.63, 3.8) is 0 Å². The Morgan fingerprint density at radius 1 is 1.42 bits per heavy atom. The zero-order valence-corrected chi connectivity index (χ0v) is 7.16. The van der Waals surface area contributed by atoms with Crippen LogP contribution in [0.25, 0.3) is 0 Å². The topological polar surface area (TPSA) is 12.5 Å². The summed E-state index contributed by atoms with van der Waals surface area (Å²) in [7, 11) is 2.07. The smallest absolute Gasteiger partial charge is 0.288 e. The molecule has 1 heterocycles. The first-order chi connectivity index (χ1) is 5.88. The molecule has 0 saturated carbocycles. The largest absolute Gasteiger partial charge is 0.306 e. The summed E-state index contributed by atoms with van der Waals surface area (Å²) in [5.41, 5.74) is 2.39. The average molecular weight is 160 g/mol. The maximum atomic E-state index is 5.40. The summed E-state index contributed by atoms with van der Waals surface area (Å²) in [6, 6.07) is 8.22. The van der Waals surface area contributed by atoms with Gasteiger partial charge < -0.3 is 4.97 Å². The molecule has 1 radical (unpaired) electrons. The van der Waals surface area contributed by atoms with Gasteiger partial charge in [-0.15, -0.1) is 0 Å². The Bertz CT molecular complexity index is 271. The van der Waals surface area contributed by atoms with Gasteiger partial charge in [-0.2, -0.15) is 0 Å². The third-order valence-corrected chi connectivity index (χ3v) is 2.00. The molecule has 3 heteroatoms. The van der Waals surface area contributed by atoms with Crippen LogP contribution in [0.3, 0.4) is 0 Å². The predicted molar refractivity (Wildman–Crippen MR) is 50.2 cm³/mol.